The largest absolute Gasteiger partial charge is 0.396 e. The molecule has 1 aliphatic rings. The molecule has 0 radical (unpaired) electrons. The van der Waals surface area contributed by atoms with Crippen molar-refractivity contribution in [2.45, 2.75) is 39.7 Å². The van der Waals surface area contributed by atoms with Crippen LogP contribution in [0.3, 0.4) is 0 Å². The van der Waals surface area contributed by atoms with Crippen molar-refractivity contribution in [2.24, 2.45) is 5.41 Å². The van der Waals surface area contributed by atoms with E-state index < -0.39 is 0 Å². The van der Waals surface area contributed by atoms with E-state index in [1.807, 2.05) is 25.1 Å². The second-order valence-corrected chi connectivity index (χ2v) is 6.73. The predicted molar refractivity (Wildman–Crippen MR) is 90.5 cm³/mol. The highest BCUT2D eigenvalue weighted by Crippen LogP contribution is 2.34. The third-order valence-electron chi connectivity index (χ3n) is 5.32. The lowest BCUT2D eigenvalue weighted by Crippen LogP contribution is -2.41. The maximum Gasteiger partial charge on any atom is 0.258 e. The number of aliphatic hydroxyl groups excluding tert-OH is 1. The zero-order chi connectivity index (χ0) is 16.4. The molecular formula is C18H25N3O2. The van der Waals surface area contributed by atoms with Gasteiger partial charge in [-0.1, -0.05) is 13.0 Å². The number of aliphatic hydroxyl groups is 1. The number of aromatic nitrogens is 2. The summed E-state index contributed by atoms with van der Waals surface area (Å²) in [4.78, 5) is 19.3. The molecule has 0 bridgehead atoms. The Morgan fingerprint density at radius 3 is 2.70 bits per heavy atom. The molecular weight excluding hydrogens is 290 g/mol. The Morgan fingerprint density at radius 2 is 2.04 bits per heavy atom. The summed E-state index contributed by atoms with van der Waals surface area (Å²) in [5.74, 6) is 0. The van der Waals surface area contributed by atoms with Crippen LogP contribution < -0.4 is 5.56 Å². The molecule has 5 heteroatoms. The van der Waals surface area contributed by atoms with Crippen molar-refractivity contribution in [1.29, 1.82) is 0 Å². The second-order valence-electron chi connectivity index (χ2n) is 6.73. The Morgan fingerprint density at radius 1 is 1.30 bits per heavy atom. The summed E-state index contributed by atoms with van der Waals surface area (Å²) in [5.41, 5.74) is 2.51. The standard InChI is InChI=1S/C18H25N3O2/c1-3-18(13-22)7-9-20(10-8-18)12-15-11-17(23)21-14(2)5-4-6-16(21)19-15/h4-6,11,22H,3,7-10,12-13H2,1-2H3. The van der Waals surface area contributed by atoms with E-state index in [2.05, 4.69) is 16.8 Å². The van der Waals surface area contributed by atoms with E-state index in [1.54, 1.807) is 10.5 Å². The second kappa shape index (κ2) is 6.42. The van der Waals surface area contributed by atoms with E-state index in [0.29, 0.717) is 12.2 Å². The van der Waals surface area contributed by atoms with Gasteiger partial charge in [0.1, 0.15) is 5.65 Å². The van der Waals surface area contributed by atoms with Crippen LogP contribution in [0, 0.1) is 12.3 Å². The van der Waals surface area contributed by atoms with E-state index in [1.165, 1.54) is 0 Å². The SMILES string of the molecule is CCC1(CO)CCN(Cc2cc(=O)n3c(C)cccc3n2)CC1. The van der Waals surface area contributed by atoms with Gasteiger partial charge in [0.25, 0.3) is 5.56 Å². The Hall–Kier alpha value is -1.72. The molecule has 0 spiro atoms. The quantitative estimate of drug-likeness (QED) is 0.937. The topological polar surface area (TPSA) is 57.8 Å². The predicted octanol–water partition coefficient (Wildman–Crippen LogP) is 1.99. The van der Waals surface area contributed by atoms with Gasteiger partial charge >= 0.3 is 0 Å². The van der Waals surface area contributed by atoms with Crippen LogP contribution in [0.25, 0.3) is 5.65 Å². The fourth-order valence-corrected chi connectivity index (χ4v) is 3.48. The minimum absolute atomic E-state index is 0.0154. The van der Waals surface area contributed by atoms with Crippen molar-refractivity contribution in [1.82, 2.24) is 14.3 Å². The average molecular weight is 315 g/mol. The Bertz CT molecular complexity index is 740. The minimum Gasteiger partial charge on any atom is -0.396 e. The zero-order valence-electron chi connectivity index (χ0n) is 14.0. The molecule has 2 aromatic heterocycles. The number of pyridine rings is 1. The first kappa shape index (κ1) is 16.1. The third kappa shape index (κ3) is 3.16. The van der Waals surface area contributed by atoms with E-state index in [9.17, 15) is 9.90 Å². The molecule has 3 heterocycles. The fraction of sp³-hybridized carbons (Fsp3) is 0.556. The molecule has 1 fully saturated rings. The van der Waals surface area contributed by atoms with Gasteiger partial charge in [0.15, 0.2) is 0 Å². The van der Waals surface area contributed by atoms with Crippen LogP contribution in [0.2, 0.25) is 0 Å². The summed E-state index contributed by atoms with van der Waals surface area (Å²) in [5, 5.41) is 9.62. The lowest BCUT2D eigenvalue weighted by molar-refractivity contribution is 0.0378. The van der Waals surface area contributed by atoms with Gasteiger partial charge in [0.2, 0.25) is 0 Å². The highest BCUT2D eigenvalue weighted by Gasteiger charge is 2.32. The molecule has 3 rings (SSSR count). The normalized spacial score (nSPS) is 18.4. The molecule has 0 atom stereocenters. The number of piperidine rings is 1. The summed E-state index contributed by atoms with van der Waals surface area (Å²) in [6.45, 7) is 6.93. The van der Waals surface area contributed by atoms with Crippen molar-refractivity contribution >= 4 is 5.65 Å². The van der Waals surface area contributed by atoms with Crippen LogP contribution >= 0.6 is 0 Å². The van der Waals surface area contributed by atoms with Crippen LogP contribution in [-0.4, -0.2) is 39.1 Å². The zero-order valence-corrected chi connectivity index (χ0v) is 14.0. The molecule has 0 amide bonds. The molecule has 1 saturated heterocycles. The molecule has 0 aliphatic carbocycles. The Kier molecular flexibility index (Phi) is 4.50. The van der Waals surface area contributed by atoms with Gasteiger partial charge < -0.3 is 5.11 Å². The van der Waals surface area contributed by atoms with Gasteiger partial charge in [-0.05, 0) is 56.8 Å². The van der Waals surface area contributed by atoms with Crippen molar-refractivity contribution in [3.63, 3.8) is 0 Å². The van der Waals surface area contributed by atoms with Crippen LogP contribution in [0.15, 0.2) is 29.1 Å². The van der Waals surface area contributed by atoms with Gasteiger partial charge in [0, 0.05) is 24.9 Å². The summed E-state index contributed by atoms with van der Waals surface area (Å²) in [6.07, 6.45) is 3.03. The first-order valence-corrected chi connectivity index (χ1v) is 8.38. The summed E-state index contributed by atoms with van der Waals surface area (Å²) >= 11 is 0. The molecule has 23 heavy (non-hydrogen) atoms. The van der Waals surface area contributed by atoms with Crippen LogP contribution in [0.5, 0.6) is 0 Å². The molecule has 2 aromatic rings. The van der Waals surface area contributed by atoms with Crippen molar-refractivity contribution in [2.75, 3.05) is 19.7 Å². The Labute approximate surface area is 136 Å². The summed E-state index contributed by atoms with van der Waals surface area (Å²) < 4.78 is 1.65. The lowest BCUT2D eigenvalue weighted by Gasteiger charge is -2.40. The number of nitrogens with zero attached hydrogens (tertiary/aromatic N) is 3. The molecule has 1 N–H and O–H groups in total. The smallest absolute Gasteiger partial charge is 0.258 e. The summed E-state index contributed by atoms with van der Waals surface area (Å²) in [6, 6.07) is 7.37. The Balaban J connectivity index is 1.77. The molecule has 0 saturated carbocycles. The van der Waals surface area contributed by atoms with Crippen molar-refractivity contribution < 1.29 is 5.11 Å². The number of aryl methyl sites for hydroxylation is 1. The minimum atomic E-state index is -0.0154. The highest BCUT2D eigenvalue weighted by molar-refractivity contribution is 5.40. The van der Waals surface area contributed by atoms with Gasteiger partial charge in [0.05, 0.1) is 5.69 Å². The monoisotopic (exact) mass is 315 g/mol. The maximum absolute atomic E-state index is 12.3. The van der Waals surface area contributed by atoms with E-state index in [-0.39, 0.29) is 17.6 Å². The number of rotatable bonds is 4. The molecule has 0 unspecified atom stereocenters. The molecule has 1 aliphatic heterocycles. The van der Waals surface area contributed by atoms with Crippen LogP contribution in [0.4, 0.5) is 0 Å². The van der Waals surface area contributed by atoms with Gasteiger partial charge in [-0.15, -0.1) is 0 Å². The number of fused-ring (bicyclic) bond motifs is 1. The van der Waals surface area contributed by atoms with Crippen molar-refractivity contribution in [3.05, 3.63) is 46.0 Å². The van der Waals surface area contributed by atoms with E-state index in [4.69, 9.17) is 0 Å². The number of likely N-dealkylation sites (tertiary alicyclic amines) is 1. The van der Waals surface area contributed by atoms with Crippen molar-refractivity contribution in [3.8, 4) is 0 Å². The summed E-state index contributed by atoms with van der Waals surface area (Å²) in [7, 11) is 0. The lowest BCUT2D eigenvalue weighted by atomic mass is 9.77. The van der Waals surface area contributed by atoms with Gasteiger partial charge in [-0.3, -0.25) is 14.1 Å². The fourth-order valence-electron chi connectivity index (χ4n) is 3.48. The average Bonchev–Trinajstić information content (AvgIpc) is 2.56. The first-order valence-electron chi connectivity index (χ1n) is 8.38. The number of hydrogen-bond acceptors (Lipinski definition) is 4. The molecule has 0 aromatic carbocycles. The first-order chi connectivity index (χ1) is 11.1. The van der Waals surface area contributed by atoms with Crippen LogP contribution in [-0.2, 0) is 6.54 Å². The van der Waals surface area contributed by atoms with Gasteiger partial charge in [-0.2, -0.15) is 0 Å². The highest BCUT2D eigenvalue weighted by atomic mass is 16.3. The number of hydrogen-bond donors (Lipinski definition) is 1. The molecule has 5 nitrogen and oxygen atoms in total. The maximum atomic E-state index is 12.3. The molecule has 124 valence electrons. The third-order valence-corrected chi connectivity index (χ3v) is 5.32. The van der Waals surface area contributed by atoms with Gasteiger partial charge in [-0.25, -0.2) is 4.98 Å². The van der Waals surface area contributed by atoms with Crippen LogP contribution in [0.1, 0.15) is 37.6 Å². The van der Waals surface area contributed by atoms with E-state index in [0.717, 1.165) is 43.7 Å². The van der Waals surface area contributed by atoms with E-state index >= 15 is 0 Å².